The van der Waals surface area contributed by atoms with Crippen molar-refractivity contribution in [2.45, 2.75) is 25.1 Å². The summed E-state index contributed by atoms with van der Waals surface area (Å²) in [7, 11) is 1.80. The van der Waals surface area contributed by atoms with Gasteiger partial charge in [-0.25, -0.2) is 4.98 Å². The topological polar surface area (TPSA) is 77.3 Å². The van der Waals surface area contributed by atoms with Crippen LogP contribution < -0.4 is 10.1 Å². The second-order valence-electron chi connectivity index (χ2n) is 4.93. The fraction of sp³-hybridized carbons (Fsp3) is 0.583. The second-order valence-corrected chi connectivity index (χ2v) is 4.93. The maximum atomic E-state index is 12.6. The highest BCUT2D eigenvalue weighted by Crippen LogP contribution is 2.37. The van der Waals surface area contributed by atoms with Gasteiger partial charge in [0.1, 0.15) is 11.9 Å². The minimum atomic E-state index is -4.67. The summed E-state index contributed by atoms with van der Waals surface area (Å²) in [5, 5.41) is 13.8. The van der Waals surface area contributed by atoms with E-state index in [4.69, 9.17) is 4.74 Å². The number of nitro groups is 1. The first-order valence-corrected chi connectivity index (χ1v) is 6.34. The SMILES string of the molecule is CNCC1CC(Oc2cc(C(F)(F)F)ncc2[N+](=O)[O-])C1. The quantitative estimate of drug-likeness (QED) is 0.667. The van der Waals surface area contributed by atoms with Crippen LogP contribution in [0.15, 0.2) is 12.3 Å². The standard InChI is InChI=1S/C12H14F3N3O3/c1-16-5-7-2-8(3-7)21-10-4-11(12(13,14)15)17-6-9(10)18(19)20/h4,6-8,16H,2-3,5H2,1H3. The molecule has 0 spiro atoms. The van der Waals surface area contributed by atoms with E-state index in [9.17, 15) is 23.3 Å². The molecule has 9 heteroatoms. The third kappa shape index (κ3) is 3.60. The highest BCUT2D eigenvalue weighted by atomic mass is 19.4. The summed E-state index contributed by atoms with van der Waals surface area (Å²) in [5.41, 5.74) is -1.76. The lowest BCUT2D eigenvalue weighted by molar-refractivity contribution is -0.386. The molecule has 1 fully saturated rings. The Morgan fingerprint density at radius 2 is 2.19 bits per heavy atom. The number of hydrogen-bond acceptors (Lipinski definition) is 5. The molecule has 1 N–H and O–H groups in total. The molecule has 0 atom stereocenters. The largest absolute Gasteiger partial charge is 0.483 e. The number of alkyl halides is 3. The van der Waals surface area contributed by atoms with Gasteiger partial charge in [-0.2, -0.15) is 13.2 Å². The highest BCUT2D eigenvalue weighted by Gasteiger charge is 2.36. The van der Waals surface area contributed by atoms with Crippen LogP contribution in [0.25, 0.3) is 0 Å². The molecule has 1 saturated carbocycles. The Balaban J connectivity index is 2.14. The van der Waals surface area contributed by atoms with E-state index in [0.717, 1.165) is 6.54 Å². The molecule has 0 amide bonds. The van der Waals surface area contributed by atoms with E-state index >= 15 is 0 Å². The van der Waals surface area contributed by atoms with Crippen LogP contribution in [0.4, 0.5) is 18.9 Å². The lowest BCUT2D eigenvalue weighted by atomic mass is 9.82. The van der Waals surface area contributed by atoms with Crippen molar-refractivity contribution in [2.75, 3.05) is 13.6 Å². The molecule has 116 valence electrons. The van der Waals surface area contributed by atoms with Gasteiger partial charge >= 0.3 is 11.9 Å². The van der Waals surface area contributed by atoms with Crippen LogP contribution in [0.1, 0.15) is 18.5 Å². The van der Waals surface area contributed by atoms with Crippen molar-refractivity contribution >= 4 is 5.69 Å². The average Bonchev–Trinajstić information content (AvgIpc) is 2.34. The summed E-state index contributed by atoms with van der Waals surface area (Å²) in [6, 6.07) is 0.587. The first kappa shape index (κ1) is 15.5. The first-order chi connectivity index (χ1) is 9.81. The van der Waals surface area contributed by atoms with Crippen LogP contribution in [0.5, 0.6) is 5.75 Å². The highest BCUT2D eigenvalue weighted by molar-refractivity contribution is 5.45. The van der Waals surface area contributed by atoms with Gasteiger partial charge in [-0.3, -0.25) is 10.1 Å². The van der Waals surface area contributed by atoms with Crippen LogP contribution in [0.3, 0.4) is 0 Å². The van der Waals surface area contributed by atoms with E-state index in [-0.39, 0.29) is 11.9 Å². The molecule has 0 radical (unpaired) electrons. The average molecular weight is 305 g/mol. The van der Waals surface area contributed by atoms with E-state index in [1.165, 1.54) is 0 Å². The summed E-state index contributed by atoms with van der Waals surface area (Å²) in [6.07, 6.45) is -3.07. The molecule has 1 heterocycles. The van der Waals surface area contributed by atoms with Crippen LogP contribution in [0, 0.1) is 16.0 Å². The Hall–Kier alpha value is -1.90. The number of ether oxygens (including phenoxy) is 1. The zero-order valence-corrected chi connectivity index (χ0v) is 11.2. The number of rotatable bonds is 5. The van der Waals surface area contributed by atoms with Gasteiger partial charge in [0.25, 0.3) is 0 Å². The maximum absolute atomic E-state index is 12.6. The second kappa shape index (κ2) is 5.84. The molecular formula is C12H14F3N3O3. The Morgan fingerprint density at radius 1 is 1.52 bits per heavy atom. The number of aromatic nitrogens is 1. The molecule has 1 aliphatic rings. The van der Waals surface area contributed by atoms with Gasteiger partial charge < -0.3 is 10.1 Å². The van der Waals surface area contributed by atoms with Crippen LogP contribution in [0.2, 0.25) is 0 Å². The number of pyridine rings is 1. The third-order valence-corrected chi connectivity index (χ3v) is 3.31. The van der Waals surface area contributed by atoms with E-state index < -0.39 is 22.5 Å². The zero-order chi connectivity index (χ0) is 15.6. The van der Waals surface area contributed by atoms with E-state index in [0.29, 0.717) is 31.0 Å². The van der Waals surface area contributed by atoms with Gasteiger partial charge in [-0.15, -0.1) is 0 Å². The molecule has 1 aliphatic carbocycles. The minimum Gasteiger partial charge on any atom is -0.483 e. The summed E-state index contributed by atoms with van der Waals surface area (Å²) >= 11 is 0. The van der Waals surface area contributed by atoms with E-state index in [2.05, 4.69) is 10.3 Å². The van der Waals surface area contributed by atoms with Crippen molar-refractivity contribution in [3.63, 3.8) is 0 Å². The van der Waals surface area contributed by atoms with Gasteiger partial charge in [0, 0.05) is 6.07 Å². The fourth-order valence-electron chi connectivity index (χ4n) is 2.22. The molecular weight excluding hydrogens is 291 g/mol. The van der Waals surface area contributed by atoms with Gasteiger partial charge in [-0.1, -0.05) is 0 Å². The lowest BCUT2D eigenvalue weighted by Gasteiger charge is -2.35. The molecule has 21 heavy (non-hydrogen) atoms. The van der Waals surface area contributed by atoms with Gasteiger partial charge in [0.15, 0.2) is 0 Å². The molecule has 1 aromatic heterocycles. The van der Waals surface area contributed by atoms with Crippen molar-refractivity contribution in [3.05, 3.63) is 28.1 Å². The number of hydrogen-bond donors (Lipinski definition) is 1. The Labute approximate surface area is 118 Å². The van der Waals surface area contributed by atoms with E-state index in [1.807, 2.05) is 0 Å². The number of nitrogens with zero attached hydrogens (tertiary/aromatic N) is 2. The molecule has 2 rings (SSSR count). The van der Waals surface area contributed by atoms with Crippen molar-refractivity contribution in [1.82, 2.24) is 10.3 Å². The summed E-state index contributed by atoms with van der Waals surface area (Å²) in [6.45, 7) is 0.784. The normalized spacial score (nSPS) is 21.7. The first-order valence-electron chi connectivity index (χ1n) is 6.34. The van der Waals surface area contributed by atoms with Crippen molar-refractivity contribution in [1.29, 1.82) is 0 Å². The Kier molecular flexibility index (Phi) is 4.31. The molecule has 0 bridgehead atoms. The summed E-state index contributed by atoms with van der Waals surface area (Å²) < 4.78 is 43.1. The Bertz CT molecular complexity index is 530. The van der Waals surface area contributed by atoms with Crippen molar-refractivity contribution in [2.24, 2.45) is 5.92 Å². The van der Waals surface area contributed by atoms with Crippen molar-refractivity contribution in [3.8, 4) is 5.75 Å². The van der Waals surface area contributed by atoms with Crippen LogP contribution >= 0.6 is 0 Å². The lowest BCUT2D eigenvalue weighted by Crippen LogP contribution is -2.38. The molecule has 1 aromatic rings. The smallest absolute Gasteiger partial charge is 0.433 e. The van der Waals surface area contributed by atoms with Gasteiger partial charge in [0.05, 0.1) is 11.0 Å². The van der Waals surface area contributed by atoms with Gasteiger partial charge in [0.2, 0.25) is 5.75 Å². The monoisotopic (exact) mass is 305 g/mol. The molecule has 0 aromatic carbocycles. The Morgan fingerprint density at radius 3 is 2.71 bits per heavy atom. The predicted octanol–water partition coefficient (Wildman–Crippen LogP) is 2.39. The van der Waals surface area contributed by atoms with Crippen molar-refractivity contribution < 1.29 is 22.8 Å². The molecule has 6 nitrogen and oxygen atoms in total. The molecule has 0 unspecified atom stereocenters. The minimum absolute atomic E-state index is 0.300. The number of nitrogens with one attached hydrogen (secondary N) is 1. The third-order valence-electron chi connectivity index (χ3n) is 3.31. The molecule has 0 saturated heterocycles. The van der Waals surface area contributed by atoms with Crippen LogP contribution in [-0.2, 0) is 6.18 Å². The molecule has 0 aliphatic heterocycles. The fourth-order valence-corrected chi connectivity index (χ4v) is 2.22. The summed E-state index contributed by atoms with van der Waals surface area (Å²) in [4.78, 5) is 13.1. The number of halogens is 3. The van der Waals surface area contributed by atoms with Gasteiger partial charge in [-0.05, 0) is 32.4 Å². The van der Waals surface area contributed by atoms with E-state index in [1.54, 1.807) is 7.05 Å². The van der Waals surface area contributed by atoms with Crippen LogP contribution in [-0.4, -0.2) is 29.6 Å². The predicted molar refractivity (Wildman–Crippen MR) is 67.0 cm³/mol. The zero-order valence-electron chi connectivity index (χ0n) is 11.2. The maximum Gasteiger partial charge on any atom is 0.433 e. The summed E-state index contributed by atoms with van der Waals surface area (Å²) in [5.74, 6) is -0.00166.